The van der Waals surface area contributed by atoms with Crippen LogP contribution in [0.15, 0.2) is 42.5 Å². The van der Waals surface area contributed by atoms with Crippen LogP contribution < -0.4 is 20.3 Å². The van der Waals surface area contributed by atoms with E-state index in [0.29, 0.717) is 32.0 Å². The number of rotatable bonds is 16. The number of fused-ring (bicyclic) bond motifs is 1. The van der Waals surface area contributed by atoms with Crippen LogP contribution in [0.5, 0.6) is 5.75 Å². The van der Waals surface area contributed by atoms with E-state index >= 15 is 0 Å². The van der Waals surface area contributed by atoms with Crippen LogP contribution in [0.25, 0.3) is 0 Å². The predicted octanol–water partition coefficient (Wildman–Crippen LogP) is 3.72. The average Bonchev–Trinajstić information content (AvgIpc) is 3.28. The van der Waals surface area contributed by atoms with Crippen molar-refractivity contribution in [3.05, 3.63) is 59.2 Å². The normalized spacial score (nSPS) is 17.0. The number of hydrogen-bond acceptors (Lipinski definition) is 8. The van der Waals surface area contributed by atoms with E-state index in [9.17, 15) is 14.7 Å². The number of aliphatic hydroxyl groups is 1. The minimum absolute atomic E-state index is 0.0455. The molecular formula is C31H44N4O6. The number of likely N-dealkylation sites (N-methyl/N-ethyl adjacent to an activating group) is 1. The van der Waals surface area contributed by atoms with Gasteiger partial charge in [0.25, 0.3) is 5.91 Å². The SMILES string of the molecule is CN(CCOCCCCCCNC[C@H](O)c1ccc2c(c1)COC(C)(C)O2)Cc1cccc(N2C(=O)CNC2=O)c1. The van der Waals surface area contributed by atoms with Crippen molar-refractivity contribution in [2.24, 2.45) is 0 Å². The number of nitrogens with zero attached hydrogens (tertiary/aromatic N) is 2. The molecule has 4 rings (SSSR count). The molecule has 0 aliphatic carbocycles. The van der Waals surface area contributed by atoms with Gasteiger partial charge in [0.05, 0.1) is 31.5 Å². The summed E-state index contributed by atoms with van der Waals surface area (Å²) in [5, 5.41) is 16.5. The van der Waals surface area contributed by atoms with Crippen LogP contribution in [0.3, 0.4) is 0 Å². The molecule has 3 N–H and O–H groups in total. The lowest BCUT2D eigenvalue weighted by Gasteiger charge is -2.33. The van der Waals surface area contributed by atoms with Gasteiger partial charge in [-0.2, -0.15) is 0 Å². The van der Waals surface area contributed by atoms with Gasteiger partial charge in [0.2, 0.25) is 5.79 Å². The maximum absolute atomic E-state index is 12.0. The molecular weight excluding hydrogens is 524 g/mol. The number of anilines is 1. The van der Waals surface area contributed by atoms with Crippen molar-refractivity contribution >= 4 is 17.6 Å². The molecule has 10 heteroatoms. The van der Waals surface area contributed by atoms with E-state index in [-0.39, 0.29) is 18.5 Å². The monoisotopic (exact) mass is 568 g/mol. The van der Waals surface area contributed by atoms with Gasteiger partial charge >= 0.3 is 6.03 Å². The van der Waals surface area contributed by atoms with Crippen LogP contribution >= 0.6 is 0 Å². The van der Waals surface area contributed by atoms with Crippen LogP contribution in [0, 0.1) is 0 Å². The Morgan fingerprint density at radius 1 is 1.12 bits per heavy atom. The number of carbonyl (C=O) groups excluding carboxylic acids is 2. The third-order valence-electron chi connectivity index (χ3n) is 7.21. The summed E-state index contributed by atoms with van der Waals surface area (Å²) in [5.41, 5.74) is 3.47. The second-order valence-electron chi connectivity index (χ2n) is 11.2. The van der Waals surface area contributed by atoms with Crippen LogP contribution in [-0.4, -0.2) is 74.2 Å². The molecule has 1 atom stereocenters. The quantitative estimate of drug-likeness (QED) is 0.208. The molecule has 2 aromatic carbocycles. The fourth-order valence-electron chi connectivity index (χ4n) is 4.92. The summed E-state index contributed by atoms with van der Waals surface area (Å²) in [6.07, 6.45) is 3.73. The molecule has 2 aliphatic rings. The van der Waals surface area contributed by atoms with Crippen LogP contribution in [0.1, 0.15) is 62.3 Å². The molecule has 2 aromatic rings. The highest BCUT2D eigenvalue weighted by Crippen LogP contribution is 2.32. The van der Waals surface area contributed by atoms with E-state index in [0.717, 1.165) is 67.8 Å². The number of ether oxygens (including phenoxy) is 3. The van der Waals surface area contributed by atoms with Gasteiger partial charge < -0.3 is 30.0 Å². The standard InChI is InChI=1S/C31H44N4O6/c1-31(2)40-22-25-18-24(11-12-28(25)41-31)27(36)19-32-13-6-4-5-7-15-39-16-14-34(3)21-23-9-8-10-26(17-23)35-29(37)20-33-30(35)38/h8-12,17-18,27,32,36H,4-7,13-16,19-22H2,1-3H3,(H,33,38)/t27-/m0/s1. The van der Waals surface area contributed by atoms with Gasteiger partial charge in [-0.1, -0.05) is 31.0 Å². The van der Waals surface area contributed by atoms with E-state index in [1.807, 2.05) is 57.3 Å². The molecule has 2 heterocycles. The molecule has 1 fully saturated rings. The Hall–Kier alpha value is -3.02. The van der Waals surface area contributed by atoms with E-state index in [1.54, 1.807) is 6.07 Å². The molecule has 0 radical (unpaired) electrons. The number of nitrogens with one attached hydrogen (secondary N) is 2. The molecule has 0 aromatic heterocycles. The largest absolute Gasteiger partial charge is 0.463 e. The topological polar surface area (TPSA) is 113 Å². The lowest BCUT2D eigenvalue weighted by molar-refractivity contribution is -0.180. The maximum Gasteiger partial charge on any atom is 0.329 e. The molecule has 3 amide bonds. The third kappa shape index (κ3) is 9.24. The minimum Gasteiger partial charge on any atom is -0.463 e. The van der Waals surface area contributed by atoms with Crippen LogP contribution in [0.4, 0.5) is 10.5 Å². The van der Waals surface area contributed by atoms with Crippen LogP contribution in [0.2, 0.25) is 0 Å². The number of urea groups is 1. The molecule has 224 valence electrons. The lowest BCUT2D eigenvalue weighted by Crippen LogP contribution is -2.35. The Balaban J connectivity index is 1.01. The van der Waals surface area contributed by atoms with Gasteiger partial charge in [0.15, 0.2) is 0 Å². The molecule has 0 saturated carbocycles. The lowest BCUT2D eigenvalue weighted by atomic mass is 10.0. The Morgan fingerprint density at radius 2 is 1.95 bits per heavy atom. The Bertz CT molecular complexity index is 1160. The van der Waals surface area contributed by atoms with Crippen molar-refractivity contribution in [3.8, 4) is 5.75 Å². The zero-order chi connectivity index (χ0) is 29.2. The van der Waals surface area contributed by atoms with Crippen molar-refractivity contribution in [2.75, 3.05) is 51.3 Å². The van der Waals surface area contributed by atoms with E-state index in [1.165, 1.54) is 4.90 Å². The number of benzene rings is 2. The Labute approximate surface area is 242 Å². The smallest absolute Gasteiger partial charge is 0.329 e. The number of imide groups is 1. The van der Waals surface area contributed by atoms with Crippen molar-refractivity contribution in [1.82, 2.24) is 15.5 Å². The number of carbonyl (C=O) groups is 2. The fourth-order valence-corrected chi connectivity index (χ4v) is 4.92. The van der Waals surface area contributed by atoms with Gasteiger partial charge in [0, 0.05) is 45.7 Å². The first kappa shape index (κ1) is 30.9. The highest BCUT2D eigenvalue weighted by molar-refractivity contribution is 6.19. The molecule has 0 unspecified atom stereocenters. The average molecular weight is 569 g/mol. The molecule has 0 bridgehead atoms. The van der Waals surface area contributed by atoms with Gasteiger partial charge in [0.1, 0.15) is 5.75 Å². The first-order chi connectivity index (χ1) is 19.7. The van der Waals surface area contributed by atoms with E-state index in [4.69, 9.17) is 14.2 Å². The molecule has 41 heavy (non-hydrogen) atoms. The van der Waals surface area contributed by atoms with E-state index in [2.05, 4.69) is 15.5 Å². The minimum atomic E-state index is -0.618. The van der Waals surface area contributed by atoms with Crippen molar-refractivity contribution in [2.45, 2.75) is 64.6 Å². The molecule has 1 saturated heterocycles. The summed E-state index contributed by atoms with van der Waals surface area (Å²) in [6, 6.07) is 12.9. The summed E-state index contributed by atoms with van der Waals surface area (Å²) in [4.78, 5) is 27.2. The zero-order valence-corrected chi connectivity index (χ0v) is 24.5. The molecule has 10 nitrogen and oxygen atoms in total. The van der Waals surface area contributed by atoms with Crippen molar-refractivity contribution in [3.63, 3.8) is 0 Å². The number of aliphatic hydroxyl groups excluding tert-OH is 1. The highest BCUT2D eigenvalue weighted by Gasteiger charge is 2.30. The number of unbranched alkanes of at least 4 members (excludes halogenated alkanes) is 3. The molecule has 0 spiro atoms. The summed E-state index contributed by atoms with van der Waals surface area (Å²) in [7, 11) is 2.03. The Morgan fingerprint density at radius 3 is 2.76 bits per heavy atom. The highest BCUT2D eigenvalue weighted by atomic mass is 16.7. The fraction of sp³-hybridized carbons (Fsp3) is 0.548. The van der Waals surface area contributed by atoms with Gasteiger partial charge in [-0.15, -0.1) is 0 Å². The molecule has 2 aliphatic heterocycles. The second kappa shape index (κ2) is 14.7. The van der Waals surface area contributed by atoms with Gasteiger partial charge in [-0.3, -0.25) is 9.69 Å². The zero-order valence-electron chi connectivity index (χ0n) is 24.5. The third-order valence-corrected chi connectivity index (χ3v) is 7.21. The number of hydrogen-bond donors (Lipinski definition) is 3. The van der Waals surface area contributed by atoms with Crippen LogP contribution in [-0.2, 0) is 27.4 Å². The first-order valence-electron chi connectivity index (χ1n) is 14.5. The first-order valence-corrected chi connectivity index (χ1v) is 14.5. The van der Waals surface area contributed by atoms with Crippen molar-refractivity contribution in [1.29, 1.82) is 0 Å². The predicted molar refractivity (Wildman–Crippen MR) is 157 cm³/mol. The maximum atomic E-state index is 12.0. The van der Waals surface area contributed by atoms with E-state index < -0.39 is 11.9 Å². The summed E-state index contributed by atoms with van der Waals surface area (Å²) in [6.45, 7) is 8.59. The summed E-state index contributed by atoms with van der Waals surface area (Å²) in [5.74, 6) is -0.0362. The summed E-state index contributed by atoms with van der Waals surface area (Å²) < 4.78 is 17.3. The van der Waals surface area contributed by atoms with Gasteiger partial charge in [-0.25, -0.2) is 9.69 Å². The van der Waals surface area contributed by atoms with Gasteiger partial charge in [-0.05, 0) is 61.8 Å². The van der Waals surface area contributed by atoms with Crippen molar-refractivity contribution < 1.29 is 28.9 Å². The second-order valence-corrected chi connectivity index (χ2v) is 11.2. The Kier molecular flexibility index (Phi) is 11.1. The summed E-state index contributed by atoms with van der Waals surface area (Å²) >= 11 is 0. The number of amides is 3.